The second-order valence-electron chi connectivity index (χ2n) is 7.92. The molecule has 29 heavy (non-hydrogen) atoms. The number of rotatable bonds is 6. The molecule has 150 valence electrons. The molecule has 4 rings (SSSR count). The molecule has 0 saturated heterocycles. The van der Waals surface area contributed by atoms with Crippen molar-refractivity contribution in [1.82, 2.24) is 10.9 Å². The number of nitrogens with one attached hydrogen (secondary N) is 2. The van der Waals surface area contributed by atoms with Gasteiger partial charge in [0.1, 0.15) is 0 Å². The lowest BCUT2D eigenvalue weighted by atomic mass is 9.95. The minimum absolute atomic E-state index is 0.314. The van der Waals surface area contributed by atoms with E-state index in [4.69, 9.17) is 11.6 Å². The van der Waals surface area contributed by atoms with Gasteiger partial charge in [-0.15, -0.1) is 5.10 Å². The van der Waals surface area contributed by atoms with E-state index in [1.807, 2.05) is 12.1 Å². The van der Waals surface area contributed by atoms with Crippen molar-refractivity contribution in [3.63, 3.8) is 0 Å². The largest absolute Gasteiger partial charge is 0.382 e. The highest BCUT2D eigenvalue weighted by Crippen LogP contribution is 2.36. The number of amidine groups is 1. The number of fused-ring (bicyclic) bond motifs is 1. The van der Waals surface area contributed by atoms with Crippen LogP contribution in [-0.2, 0) is 0 Å². The monoisotopic (exact) mass is 387 g/mol. The van der Waals surface area contributed by atoms with Crippen molar-refractivity contribution in [3.05, 3.63) is 83.4 Å². The van der Waals surface area contributed by atoms with E-state index in [1.54, 1.807) is 0 Å². The SMILES string of the molecule is CC(NC1CC[C@@H](c2cccc(/C(N)=N/NN)c2)C1)c1cccc2ccccc12. The molecule has 1 fully saturated rings. The van der Waals surface area contributed by atoms with Gasteiger partial charge in [-0.05, 0) is 60.1 Å². The molecule has 0 aliphatic heterocycles. The van der Waals surface area contributed by atoms with E-state index in [1.165, 1.54) is 34.7 Å². The summed E-state index contributed by atoms with van der Waals surface area (Å²) in [6.07, 6.45) is 3.48. The molecule has 6 N–H and O–H groups in total. The van der Waals surface area contributed by atoms with Gasteiger partial charge in [0.25, 0.3) is 0 Å². The highest BCUT2D eigenvalue weighted by molar-refractivity contribution is 5.97. The third-order valence-corrected chi connectivity index (χ3v) is 6.05. The topological polar surface area (TPSA) is 88.5 Å². The molecule has 5 nitrogen and oxygen atoms in total. The first kappa shape index (κ1) is 19.4. The summed E-state index contributed by atoms with van der Waals surface area (Å²) in [7, 11) is 0. The summed E-state index contributed by atoms with van der Waals surface area (Å²) in [5.74, 6) is 6.19. The van der Waals surface area contributed by atoms with Crippen molar-refractivity contribution < 1.29 is 0 Å². The van der Waals surface area contributed by atoms with Gasteiger partial charge in [0.05, 0.1) is 0 Å². The fourth-order valence-corrected chi connectivity index (χ4v) is 4.59. The standard InChI is InChI=1S/C24H29N5/c1-16(22-11-5-7-17-6-2-3-10-23(17)22)27-21-13-12-19(15-21)18-8-4-9-20(14-18)24(25)28-29-26/h2-11,14,16,19,21,27,29H,12-13,15,26H2,1H3,(H2,25,28)/t16?,19-,21?/m1/s1. The first-order chi connectivity index (χ1) is 14.2. The number of hydrazone groups is 1. The zero-order chi connectivity index (χ0) is 20.2. The first-order valence-electron chi connectivity index (χ1n) is 10.3. The van der Waals surface area contributed by atoms with Gasteiger partial charge < -0.3 is 11.1 Å². The van der Waals surface area contributed by atoms with Crippen LogP contribution < -0.4 is 22.4 Å². The van der Waals surface area contributed by atoms with Gasteiger partial charge in [-0.25, -0.2) is 11.4 Å². The number of hydrogen-bond acceptors (Lipinski definition) is 4. The van der Waals surface area contributed by atoms with Crippen LogP contribution in [0.4, 0.5) is 0 Å². The van der Waals surface area contributed by atoms with Crippen LogP contribution in [-0.4, -0.2) is 11.9 Å². The Hall–Kier alpha value is -2.89. The van der Waals surface area contributed by atoms with E-state index in [0.717, 1.165) is 12.0 Å². The zero-order valence-corrected chi connectivity index (χ0v) is 16.8. The summed E-state index contributed by atoms with van der Waals surface area (Å²) >= 11 is 0. The molecule has 0 aromatic heterocycles. The Morgan fingerprint density at radius 2 is 1.83 bits per heavy atom. The molecular formula is C24H29N5. The average Bonchev–Trinajstić information content (AvgIpc) is 3.22. The van der Waals surface area contributed by atoms with Crippen molar-refractivity contribution in [1.29, 1.82) is 0 Å². The summed E-state index contributed by atoms with van der Waals surface area (Å²) in [5, 5.41) is 10.4. The fourth-order valence-electron chi connectivity index (χ4n) is 4.59. The van der Waals surface area contributed by atoms with Crippen LogP contribution in [0.2, 0.25) is 0 Å². The Bertz CT molecular complexity index is 1010. The minimum atomic E-state index is 0.314. The molecule has 1 saturated carbocycles. The van der Waals surface area contributed by atoms with Crippen LogP contribution in [0.5, 0.6) is 0 Å². The van der Waals surface area contributed by atoms with Gasteiger partial charge in [0.15, 0.2) is 5.84 Å². The van der Waals surface area contributed by atoms with Crippen molar-refractivity contribution in [2.75, 3.05) is 0 Å². The highest BCUT2D eigenvalue weighted by atomic mass is 15.5. The van der Waals surface area contributed by atoms with Crippen molar-refractivity contribution in [3.8, 4) is 0 Å². The van der Waals surface area contributed by atoms with Crippen molar-refractivity contribution >= 4 is 16.6 Å². The third-order valence-electron chi connectivity index (χ3n) is 6.05. The van der Waals surface area contributed by atoms with Crippen molar-refractivity contribution in [2.45, 2.75) is 44.2 Å². The smallest absolute Gasteiger partial charge is 0.152 e. The minimum Gasteiger partial charge on any atom is -0.382 e. The summed E-state index contributed by atoms with van der Waals surface area (Å²) < 4.78 is 0. The van der Waals surface area contributed by atoms with Gasteiger partial charge in [-0.3, -0.25) is 0 Å². The molecule has 3 aromatic rings. The van der Waals surface area contributed by atoms with E-state index >= 15 is 0 Å². The van der Waals surface area contributed by atoms with Gasteiger partial charge in [0.2, 0.25) is 0 Å². The predicted molar refractivity (Wildman–Crippen MR) is 120 cm³/mol. The molecule has 0 heterocycles. The van der Waals surface area contributed by atoms with Gasteiger partial charge in [-0.2, -0.15) is 0 Å². The highest BCUT2D eigenvalue weighted by Gasteiger charge is 2.27. The lowest BCUT2D eigenvalue weighted by Gasteiger charge is -2.21. The van der Waals surface area contributed by atoms with Crippen LogP contribution in [0.1, 0.15) is 54.8 Å². The molecule has 0 radical (unpaired) electrons. The number of hydrazine groups is 1. The number of hydrogen-bond donors (Lipinski definition) is 4. The molecule has 0 amide bonds. The zero-order valence-electron chi connectivity index (χ0n) is 16.8. The first-order valence-corrected chi connectivity index (χ1v) is 10.3. The average molecular weight is 388 g/mol. The van der Waals surface area contributed by atoms with E-state index in [2.05, 4.69) is 77.5 Å². The predicted octanol–water partition coefficient (Wildman–Crippen LogP) is 3.91. The Balaban J connectivity index is 1.45. The Labute approximate surface area is 172 Å². The van der Waals surface area contributed by atoms with Gasteiger partial charge in [0, 0.05) is 17.6 Å². The summed E-state index contributed by atoms with van der Waals surface area (Å²) in [6.45, 7) is 2.27. The summed E-state index contributed by atoms with van der Waals surface area (Å²) in [4.78, 5) is 0. The van der Waals surface area contributed by atoms with E-state index in [-0.39, 0.29) is 0 Å². The van der Waals surface area contributed by atoms with Crippen molar-refractivity contribution in [2.24, 2.45) is 16.7 Å². The number of benzene rings is 3. The quantitative estimate of drug-likeness (QED) is 0.223. The van der Waals surface area contributed by atoms with Crippen LogP contribution in [0.15, 0.2) is 71.8 Å². The normalized spacial score (nSPS) is 20.7. The van der Waals surface area contributed by atoms with Crippen LogP contribution >= 0.6 is 0 Å². The van der Waals surface area contributed by atoms with Crippen LogP contribution in [0.25, 0.3) is 10.8 Å². The molecule has 5 heteroatoms. The van der Waals surface area contributed by atoms with Crippen LogP contribution in [0, 0.1) is 0 Å². The maximum absolute atomic E-state index is 5.97. The number of nitrogens with zero attached hydrogens (tertiary/aromatic N) is 1. The second kappa shape index (κ2) is 8.64. The molecule has 3 atom stereocenters. The van der Waals surface area contributed by atoms with Crippen LogP contribution in [0.3, 0.4) is 0 Å². The third kappa shape index (κ3) is 4.26. The molecule has 1 aliphatic rings. The molecule has 0 spiro atoms. The maximum atomic E-state index is 5.97. The number of nitrogens with two attached hydrogens (primary N) is 2. The lowest BCUT2D eigenvalue weighted by molar-refractivity contribution is 0.459. The molecule has 0 bridgehead atoms. The molecular weight excluding hydrogens is 358 g/mol. The Morgan fingerprint density at radius 1 is 1.03 bits per heavy atom. The second-order valence-corrected chi connectivity index (χ2v) is 7.92. The molecule has 1 aliphatic carbocycles. The Kier molecular flexibility index (Phi) is 5.79. The summed E-state index contributed by atoms with van der Waals surface area (Å²) in [6, 6.07) is 24.3. The maximum Gasteiger partial charge on any atom is 0.152 e. The summed E-state index contributed by atoms with van der Waals surface area (Å²) in [5.41, 5.74) is 11.8. The van der Waals surface area contributed by atoms with E-state index in [9.17, 15) is 0 Å². The molecule has 2 unspecified atom stereocenters. The van der Waals surface area contributed by atoms with Gasteiger partial charge in [-0.1, -0.05) is 60.7 Å². The molecule has 3 aromatic carbocycles. The van der Waals surface area contributed by atoms with E-state index in [0.29, 0.717) is 23.8 Å². The lowest BCUT2D eigenvalue weighted by Crippen LogP contribution is -2.29. The van der Waals surface area contributed by atoms with E-state index < -0.39 is 0 Å². The fraction of sp³-hybridized carbons (Fsp3) is 0.292. The van der Waals surface area contributed by atoms with Gasteiger partial charge >= 0.3 is 0 Å². The Morgan fingerprint density at radius 3 is 2.69 bits per heavy atom.